The van der Waals surface area contributed by atoms with E-state index in [4.69, 9.17) is 5.11 Å². The lowest BCUT2D eigenvalue weighted by atomic mass is 9.95. The fraction of sp³-hybridized carbons (Fsp3) is 0.875. The Balaban J connectivity index is 4.48. The van der Waals surface area contributed by atoms with Crippen LogP contribution >= 0.6 is 22.6 Å². The average Bonchev–Trinajstić information content (AvgIpc) is 2.03. The van der Waals surface area contributed by atoms with E-state index in [9.17, 15) is 13.6 Å². The van der Waals surface area contributed by atoms with Gasteiger partial charge in [-0.3, -0.25) is 0 Å². The molecule has 0 radical (unpaired) electrons. The van der Waals surface area contributed by atoms with Gasteiger partial charge in [0.05, 0.1) is 0 Å². The van der Waals surface area contributed by atoms with Gasteiger partial charge in [0, 0.05) is 9.84 Å². The maximum Gasteiger partial charge on any atom is 0.374 e. The fourth-order valence-electron chi connectivity index (χ4n) is 0.974. The zero-order valence-corrected chi connectivity index (χ0v) is 9.77. The van der Waals surface area contributed by atoms with E-state index in [2.05, 4.69) is 0 Å². The van der Waals surface area contributed by atoms with Crippen molar-refractivity contribution in [2.45, 2.75) is 42.5 Å². The first-order valence-electron chi connectivity index (χ1n) is 4.07. The first kappa shape index (κ1) is 13.1. The van der Waals surface area contributed by atoms with Gasteiger partial charge in [0.15, 0.2) is 0 Å². The summed E-state index contributed by atoms with van der Waals surface area (Å²) < 4.78 is 25.0. The predicted octanol–water partition coefficient (Wildman–Crippen LogP) is 3.09. The van der Waals surface area contributed by atoms with Crippen molar-refractivity contribution in [3.8, 4) is 0 Å². The van der Waals surface area contributed by atoms with Gasteiger partial charge in [-0.15, -0.1) is 0 Å². The first-order valence-corrected chi connectivity index (χ1v) is 5.15. The van der Waals surface area contributed by atoms with Crippen molar-refractivity contribution in [3.63, 3.8) is 0 Å². The van der Waals surface area contributed by atoms with E-state index in [1.165, 1.54) is 0 Å². The predicted molar refractivity (Wildman–Crippen MR) is 54.5 cm³/mol. The molecule has 0 atom stereocenters. The standard InChI is InChI=1S/C8H13F2IO2/c1-3-7(11,4-2)5-8(9,10)6(12)13/h3-5H2,1-2H3,(H,12,13). The minimum atomic E-state index is -3.60. The molecule has 13 heavy (non-hydrogen) atoms. The Labute approximate surface area is 89.8 Å². The van der Waals surface area contributed by atoms with Gasteiger partial charge in [-0.1, -0.05) is 36.4 Å². The van der Waals surface area contributed by atoms with E-state index in [-0.39, 0.29) is 0 Å². The molecular weight excluding hydrogens is 293 g/mol. The van der Waals surface area contributed by atoms with Gasteiger partial charge in [-0.05, 0) is 12.8 Å². The van der Waals surface area contributed by atoms with Crippen molar-refractivity contribution in [2.24, 2.45) is 0 Å². The molecule has 2 nitrogen and oxygen atoms in total. The summed E-state index contributed by atoms with van der Waals surface area (Å²) in [6.45, 7) is 3.57. The van der Waals surface area contributed by atoms with Gasteiger partial charge >= 0.3 is 11.9 Å². The summed E-state index contributed by atoms with van der Waals surface area (Å²) in [4.78, 5) is 10.2. The van der Waals surface area contributed by atoms with Gasteiger partial charge in [-0.25, -0.2) is 4.79 Å². The lowest BCUT2D eigenvalue weighted by Gasteiger charge is -2.27. The molecule has 78 valence electrons. The van der Waals surface area contributed by atoms with Crippen LogP contribution in [0.1, 0.15) is 33.1 Å². The zero-order chi connectivity index (χ0) is 10.7. The Morgan fingerprint density at radius 2 is 1.77 bits per heavy atom. The molecule has 0 rings (SSSR count). The van der Waals surface area contributed by atoms with Crippen LogP contribution in [0.15, 0.2) is 0 Å². The van der Waals surface area contributed by atoms with Crippen molar-refractivity contribution in [1.29, 1.82) is 0 Å². The lowest BCUT2D eigenvalue weighted by Crippen LogP contribution is -2.36. The van der Waals surface area contributed by atoms with Crippen LogP contribution in [0, 0.1) is 0 Å². The molecule has 0 bridgehead atoms. The topological polar surface area (TPSA) is 37.3 Å². The number of carbonyl (C=O) groups is 1. The summed E-state index contributed by atoms with van der Waals surface area (Å²) in [6.07, 6.45) is 0.503. The second kappa shape index (κ2) is 4.52. The number of halogens is 3. The molecule has 0 aliphatic rings. The number of carboxylic acids is 1. The summed E-state index contributed by atoms with van der Waals surface area (Å²) in [7, 11) is 0. The van der Waals surface area contributed by atoms with Crippen LogP contribution in [0.2, 0.25) is 0 Å². The normalized spacial score (nSPS) is 13.0. The smallest absolute Gasteiger partial charge is 0.374 e. The second-order valence-electron chi connectivity index (χ2n) is 3.04. The SMILES string of the molecule is CCC(I)(CC)CC(F)(F)C(=O)O. The van der Waals surface area contributed by atoms with Crippen LogP contribution in [-0.4, -0.2) is 20.4 Å². The number of rotatable bonds is 5. The second-order valence-corrected chi connectivity index (χ2v) is 5.33. The Bertz CT molecular complexity index is 191. The Kier molecular flexibility index (Phi) is 4.54. The summed E-state index contributed by atoms with van der Waals surface area (Å²) in [5.41, 5.74) is 0. The molecule has 0 saturated heterocycles. The molecule has 0 aliphatic heterocycles. The highest BCUT2D eigenvalue weighted by Crippen LogP contribution is 2.38. The molecule has 0 saturated carbocycles. The molecule has 0 heterocycles. The van der Waals surface area contributed by atoms with Crippen molar-refractivity contribution < 1.29 is 18.7 Å². The molecule has 0 amide bonds. The van der Waals surface area contributed by atoms with Crippen molar-refractivity contribution >= 4 is 28.6 Å². The molecule has 0 spiro atoms. The van der Waals surface area contributed by atoms with Gasteiger partial charge in [0.1, 0.15) is 0 Å². The Morgan fingerprint density at radius 3 is 2.00 bits per heavy atom. The molecule has 0 aromatic carbocycles. The van der Waals surface area contributed by atoms with Crippen LogP contribution in [0.5, 0.6) is 0 Å². The maximum absolute atomic E-state index is 12.8. The fourth-order valence-corrected chi connectivity index (χ4v) is 1.45. The number of hydrogen-bond acceptors (Lipinski definition) is 1. The van der Waals surface area contributed by atoms with Crippen molar-refractivity contribution in [3.05, 3.63) is 0 Å². The Morgan fingerprint density at radius 1 is 1.38 bits per heavy atom. The molecule has 0 aromatic rings. The number of aliphatic carboxylic acids is 1. The van der Waals surface area contributed by atoms with E-state index in [1.807, 2.05) is 22.6 Å². The molecule has 0 unspecified atom stereocenters. The largest absolute Gasteiger partial charge is 0.477 e. The monoisotopic (exact) mass is 306 g/mol. The van der Waals surface area contributed by atoms with Crippen molar-refractivity contribution in [2.75, 3.05) is 0 Å². The summed E-state index contributed by atoms with van der Waals surface area (Å²) >= 11 is 1.92. The number of alkyl halides is 3. The van der Waals surface area contributed by atoms with Crippen LogP contribution in [0.4, 0.5) is 8.78 Å². The van der Waals surface area contributed by atoms with Gasteiger partial charge in [0.2, 0.25) is 0 Å². The minimum absolute atomic E-state index is 0.549. The van der Waals surface area contributed by atoms with E-state index < -0.39 is 21.7 Å². The average molecular weight is 306 g/mol. The quantitative estimate of drug-likeness (QED) is 0.626. The van der Waals surface area contributed by atoms with Gasteiger partial charge in [-0.2, -0.15) is 8.78 Å². The summed E-state index contributed by atoms with van der Waals surface area (Å²) in [5, 5.41) is 8.24. The van der Waals surface area contributed by atoms with Gasteiger partial charge in [0.25, 0.3) is 0 Å². The molecular formula is C8H13F2IO2. The zero-order valence-electron chi connectivity index (χ0n) is 7.61. The molecule has 1 N–H and O–H groups in total. The number of carboxylic acid groups (broad SMARTS) is 1. The molecule has 0 fully saturated rings. The van der Waals surface area contributed by atoms with E-state index in [0.717, 1.165) is 0 Å². The minimum Gasteiger partial charge on any atom is -0.477 e. The van der Waals surface area contributed by atoms with E-state index in [0.29, 0.717) is 12.8 Å². The Hall–Kier alpha value is 0.0600. The number of hydrogen-bond donors (Lipinski definition) is 1. The summed E-state index contributed by atoms with van der Waals surface area (Å²) in [6, 6.07) is 0. The van der Waals surface area contributed by atoms with Crippen LogP contribution in [0.25, 0.3) is 0 Å². The first-order chi connectivity index (χ1) is 5.77. The van der Waals surface area contributed by atoms with Crippen LogP contribution in [0.3, 0.4) is 0 Å². The maximum atomic E-state index is 12.8. The van der Waals surface area contributed by atoms with Gasteiger partial charge < -0.3 is 5.11 Å². The highest BCUT2D eigenvalue weighted by Gasteiger charge is 2.45. The lowest BCUT2D eigenvalue weighted by molar-refractivity contribution is -0.166. The van der Waals surface area contributed by atoms with Crippen LogP contribution in [-0.2, 0) is 4.79 Å². The van der Waals surface area contributed by atoms with E-state index in [1.54, 1.807) is 13.8 Å². The molecule has 5 heteroatoms. The summed E-state index contributed by atoms with van der Waals surface area (Å²) in [5.74, 6) is -5.64. The molecule has 0 aromatic heterocycles. The third-order valence-corrected chi connectivity index (χ3v) is 4.03. The van der Waals surface area contributed by atoms with Crippen LogP contribution < -0.4 is 0 Å². The van der Waals surface area contributed by atoms with E-state index >= 15 is 0 Å². The highest BCUT2D eigenvalue weighted by atomic mass is 127. The third-order valence-electron chi connectivity index (χ3n) is 2.12. The third kappa shape index (κ3) is 3.74. The molecule has 0 aliphatic carbocycles. The van der Waals surface area contributed by atoms with Crippen molar-refractivity contribution in [1.82, 2.24) is 0 Å². The highest BCUT2D eigenvalue weighted by molar-refractivity contribution is 14.1.